The van der Waals surface area contributed by atoms with Crippen molar-refractivity contribution in [3.8, 4) is 0 Å². The Kier molecular flexibility index (Phi) is 8.02. The Morgan fingerprint density at radius 3 is 2.31 bits per heavy atom. The molecule has 5 fully saturated rings. The average molecular weight is 544 g/mol. The molecule has 12 atom stereocenters. The van der Waals surface area contributed by atoms with E-state index in [9.17, 15) is 14.4 Å². The predicted molar refractivity (Wildman–Crippen MR) is 150 cm³/mol. The van der Waals surface area contributed by atoms with Crippen LogP contribution in [-0.4, -0.2) is 47.5 Å². The number of nitrogens with zero attached hydrogens (tertiary/aromatic N) is 1. The fourth-order valence-corrected chi connectivity index (χ4v) is 10.9. The summed E-state index contributed by atoms with van der Waals surface area (Å²) in [5, 5.41) is 0. The van der Waals surface area contributed by atoms with Crippen molar-refractivity contribution in [3.63, 3.8) is 0 Å². The predicted octanol–water partition coefficient (Wildman–Crippen LogP) is 6.40. The molecule has 0 spiro atoms. The molecule has 1 saturated heterocycles. The highest BCUT2D eigenvalue weighted by molar-refractivity contribution is 5.92. The second-order valence-corrected chi connectivity index (χ2v) is 14.9. The summed E-state index contributed by atoms with van der Waals surface area (Å²) in [6.07, 6.45) is 12.5. The third-order valence-electron chi connectivity index (χ3n) is 12.7. The van der Waals surface area contributed by atoms with Crippen molar-refractivity contribution in [2.24, 2.45) is 52.3 Å². The Labute approximate surface area is 236 Å². The quantitative estimate of drug-likeness (QED) is 0.362. The molecule has 6 heteroatoms. The maximum Gasteiger partial charge on any atom is 0.302 e. The van der Waals surface area contributed by atoms with Gasteiger partial charge in [0.15, 0.2) is 0 Å². The molecule has 0 unspecified atom stereocenters. The molecule has 39 heavy (non-hydrogen) atoms. The smallest absolute Gasteiger partial charge is 0.302 e. The number of carbonyl (C=O) groups is 3. The summed E-state index contributed by atoms with van der Waals surface area (Å²) in [4.78, 5) is 36.7. The molecule has 0 aromatic rings. The number of hydrogen-bond acceptors (Lipinski definition) is 5. The number of hydrogen-bond donors (Lipinski definition) is 0. The van der Waals surface area contributed by atoms with Gasteiger partial charge in [-0.25, -0.2) is 0 Å². The van der Waals surface area contributed by atoms with Crippen LogP contribution in [0.4, 0.5) is 0 Å². The van der Waals surface area contributed by atoms with Crippen molar-refractivity contribution in [2.45, 2.75) is 131 Å². The Morgan fingerprint density at radius 2 is 1.64 bits per heavy atom. The third kappa shape index (κ3) is 5.10. The zero-order valence-electron chi connectivity index (χ0n) is 25.5. The fraction of sp³-hybridized carbons (Fsp3) is 0.909. The van der Waals surface area contributed by atoms with Gasteiger partial charge in [-0.05, 0) is 116 Å². The van der Waals surface area contributed by atoms with E-state index in [-0.39, 0.29) is 35.9 Å². The fourth-order valence-electron chi connectivity index (χ4n) is 10.9. The number of rotatable bonds is 6. The van der Waals surface area contributed by atoms with E-state index in [1.807, 2.05) is 0 Å². The second kappa shape index (κ2) is 10.8. The first kappa shape index (κ1) is 29.1. The first-order valence-electron chi connectivity index (χ1n) is 16.0. The van der Waals surface area contributed by atoms with Crippen LogP contribution in [0.1, 0.15) is 113 Å². The molecule has 4 saturated carbocycles. The summed E-state index contributed by atoms with van der Waals surface area (Å²) < 4.78 is 12.5. The van der Waals surface area contributed by atoms with Crippen LogP contribution in [0, 0.1) is 52.3 Å². The van der Waals surface area contributed by atoms with Gasteiger partial charge in [0.05, 0.1) is 12.2 Å². The Hall–Kier alpha value is -1.43. The van der Waals surface area contributed by atoms with Gasteiger partial charge < -0.3 is 9.47 Å². The molecule has 0 aromatic carbocycles. The van der Waals surface area contributed by atoms with Crippen molar-refractivity contribution in [1.82, 2.24) is 4.90 Å². The summed E-state index contributed by atoms with van der Waals surface area (Å²) in [6.45, 7) is 14.8. The van der Waals surface area contributed by atoms with Gasteiger partial charge in [-0.15, -0.1) is 0 Å². The van der Waals surface area contributed by atoms with Crippen LogP contribution >= 0.6 is 0 Å². The van der Waals surface area contributed by atoms with Gasteiger partial charge in [0.2, 0.25) is 11.8 Å². The number of imide groups is 1. The molecular weight excluding hydrogens is 490 g/mol. The summed E-state index contributed by atoms with van der Waals surface area (Å²) in [7, 11) is 0. The molecular formula is C33H53NO5. The van der Waals surface area contributed by atoms with Crippen LogP contribution in [-0.2, 0) is 23.9 Å². The first-order valence-corrected chi connectivity index (χ1v) is 16.0. The molecule has 4 aliphatic carbocycles. The largest absolute Gasteiger partial charge is 0.463 e. The molecule has 2 amide bonds. The lowest BCUT2D eigenvalue weighted by Gasteiger charge is -2.61. The van der Waals surface area contributed by atoms with Crippen LogP contribution in [0.2, 0.25) is 0 Å². The Bertz CT molecular complexity index is 952. The SMILES string of the molecule is CC(=O)O[C@H]1CC[C@@]2(C)[C@@H](CC[C@H]3[C@H]2CC[C@]2(C)[C@@H]4[C@H](C)[C@H](CC[C@@H](C)CN(C(C)=O)C(C)=O)O[C@H]4C[C@@H]32)C1. The number of carbonyl (C=O) groups excluding carboxylic acids is 3. The van der Waals surface area contributed by atoms with Gasteiger partial charge in [0, 0.05) is 27.3 Å². The Balaban J connectivity index is 1.21. The highest BCUT2D eigenvalue weighted by atomic mass is 16.5. The number of amides is 2. The van der Waals surface area contributed by atoms with Crippen LogP contribution < -0.4 is 0 Å². The standard InChI is InChI=1S/C33H53NO5/c1-19(18-34(21(3)35)22(4)36)8-11-29-20(2)31-30(39-29)17-28-26-10-9-24-16-25(38-23(5)37)12-14-32(24,6)27(26)13-15-33(28,31)7/h19-20,24-31H,8-18H2,1-7H3/t19-,20-,24+,25+,26+,27-,28+,29+,30+,31-,32+,33+/m1/s1. The number of ether oxygens (including phenoxy) is 2. The van der Waals surface area contributed by atoms with Gasteiger partial charge in [-0.1, -0.05) is 27.7 Å². The second-order valence-electron chi connectivity index (χ2n) is 14.9. The molecule has 0 bridgehead atoms. The lowest BCUT2D eigenvalue weighted by atomic mass is 9.44. The number of esters is 1. The molecule has 1 heterocycles. The van der Waals surface area contributed by atoms with E-state index in [4.69, 9.17) is 9.47 Å². The van der Waals surface area contributed by atoms with Gasteiger partial charge in [0.1, 0.15) is 6.10 Å². The van der Waals surface area contributed by atoms with E-state index < -0.39 is 0 Å². The summed E-state index contributed by atoms with van der Waals surface area (Å²) in [5.74, 6) is 4.06. The van der Waals surface area contributed by atoms with Gasteiger partial charge >= 0.3 is 5.97 Å². The van der Waals surface area contributed by atoms with Crippen molar-refractivity contribution in [1.29, 1.82) is 0 Å². The minimum absolute atomic E-state index is 0.124. The van der Waals surface area contributed by atoms with Crippen molar-refractivity contribution in [3.05, 3.63) is 0 Å². The zero-order valence-corrected chi connectivity index (χ0v) is 25.5. The van der Waals surface area contributed by atoms with Crippen molar-refractivity contribution in [2.75, 3.05) is 6.54 Å². The molecule has 5 aliphatic rings. The highest BCUT2D eigenvalue weighted by Crippen LogP contribution is 2.70. The van der Waals surface area contributed by atoms with Gasteiger partial charge in [0.25, 0.3) is 0 Å². The van der Waals surface area contributed by atoms with Crippen LogP contribution in [0.3, 0.4) is 0 Å². The third-order valence-corrected chi connectivity index (χ3v) is 12.7. The molecule has 0 radical (unpaired) electrons. The normalized spacial score (nSPS) is 45.4. The van der Waals surface area contributed by atoms with E-state index >= 15 is 0 Å². The maximum absolute atomic E-state index is 11.8. The molecule has 0 N–H and O–H groups in total. The van der Waals surface area contributed by atoms with E-state index in [1.54, 1.807) is 6.92 Å². The van der Waals surface area contributed by atoms with Gasteiger partial charge in [-0.3, -0.25) is 19.3 Å². The highest BCUT2D eigenvalue weighted by Gasteiger charge is 2.65. The van der Waals surface area contributed by atoms with E-state index in [0.717, 1.165) is 43.4 Å². The van der Waals surface area contributed by atoms with Crippen molar-refractivity contribution < 1.29 is 23.9 Å². The summed E-state index contributed by atoms with van der Waals surface area (Å²) >= 11 is 0. The first-order chi connectivity index (χ1) is 18.3. The van der Waals surface area contributed by atoms with Crippen LogP contribution in [0.25, 0.3) is 0 Å². The number of fused-ring (bicyclic) bond motifs is 7. The Morgan fingerprint density at radius 1 is 0.949 bits per heavy atom. The zero-order chi connectivity index (χ0) is 28.3. The summed E-state index contributed by atoms with van der Waals surface area (Å²) in [6, 6.07) is 0. The van der Waals surface area contributed by atoms with E-state index in [0.29, 0.717) is 41.2 Å². The lowest BCUT2D eigenvalue weighted by molar-refractivity contribution is -0.160. The lowest BCUT2D eigenvalue weighted by Crippen LogP contribution is -2.54. The maximum atomic E-state index is 11.8. The van der Waals surface area contributed by atoms with E-state index in [1.165, 1.54) is 57.3 Å². The average Bonchev–Trinajstić information content (AvgIpc) is 3.33. The van der Waals surface area contributed by atoms with Crippen LogP contribution in [0.15, 0.2) is 0 Å². The minimum atomic E-state index is -0.163. The molecule has 5 rings (SSSR count). The molecule has 0 aromatic heterocycles. The topological polar surface area (TPSA) is 72.9 Å². The molecule has 6 nitrogen and oxygen atoms in total. The van der Waals surface area contributed by atoms with E-state index in [2.05, 4.69) is 27.7 Å². The molecule has 1 aliphatic heterocycles. The summed E-state index contributed by atoms with van der Waals surface area (Å²) in [5.41, 5.74) is 0.751. The van der Waals surface area contributed by atoms with Crippen LogP contribution in [0.5, 0.6) is 0 Å². The minimum Gasteiger partial charge on any atom is -0.463 e. The van der Waals surface area contributed by atoms with Crippen molar-refractivity contribution >= 4 is 17.8 Å². The molecule has 220 valence electrons. The monoisotopic (exact) mass is 543 g/mol. The van der Waals surface area contributed by atoms with Gasteiger partial charge in [-0.2, -0.15) is 0 Å².